The van der Waals surface area contributed by atoms with Crippen molar-refractivity contribution in [3.63, 3.8) is 0 Å². The van der Waals surface area contributed by atoms with E-state index in [1.54, 1.807) is 7.11 Å². The van der Waals surface area contributed by atoms with Gasteiger partial charge in [0.1, 0.15) is 5.75 Å². The Kier molecular flexibility index (Phi) is 4.69. The SMILES string of the molecule is COc1cccc(CCN2CCC[C@@H](Cl)C2)c1. The minimum absolute atomic E-state index is 0.342. The lowest BCUT2D eigenvalue weighted by Crippen LogP contribution is -2.37. The second-order valence-corrected chi connectivity index (χ2v) is 5.26. The lowest BCUT2D eigenvalue weighted by molar-refractivity contribution is 0.234. The summed E-state index contributed by atoms with van der Waals surface area (Å²) in [6.45, 7) is 3.31. The Hall–Kier alpha value is -0.730. The highest BCUT2D eigenvalue weighted by Crippen LogP contribution is 2.17. The fourth-order valence-corrected chi connectivity index (χ4v) is 2.67. The fourth-order valence-electron chi connectivity index (χ4n) is 2.32. The van der Waals surface area contributed by atoms with Crippen LogP contribution in [0.2, 0.25) is 0 Å². The first-order chi connectivity index (χ1) is 8.28. The normalized spacial score (nSPS) is 21.4. The molecule has 0 spiro atoms. The van der Waals surface area contributed by atoms with E-state index in [9.17, 15) is 0 Å². The average Bonchev–Trinajstić information content (AvgIpc) is 2.37. The highest BCUT2D eigenvalue weighted by Gasteiger charge is 2.17. The predicted octanol–water partition coefficient (Wildman–Crippen LogP) is 2.94. The van der Waals surface area contributed by atoms with Crippen molar-refractivity contribution < 1.29 is 4.74 Å². The van der Waals surface area contributed by atoms with E-state index in [1.807, 2.05) is 6.07 Å². The van der Waals surface area contributed by atoms with Crippen LogP contribution in [0, 0.1) is 0 Å². The third-order valence-electron chi connectivity index (χ3n) is 3.30. The number of halogens is 1. The standard InChI is InChI=1S/C14H20ClNO/c1-17-14-6-2-4-12(10-14)7-9-16-8-3-5-13(15)11-16/h2,4,6,10,13H,3,5,7-9,11H2,1H3/t13-/m1/s1. The minimum Gasteiger partial charge on any atom is -0.497 e. The van der Waals surface area contributed by atoms with Crippen LogP contribution in [0.4, 0.5) is 0 Å². The van der Waals surface area contributed by atoms with Crippen molar-refractivity contribution >= 4 is 11.6 Å². The van der Waals surface area contributed by atoms with E-state index >= 15 is 0 Å². The number of piperidine rings is 1. The zero-order chi connectivity index (χ0) is 12.1. The molecule has 17 heavy (non-hydrogen) atoms. The van der Waals surface area contributed by atoms with Gasteiger partial charge < -0.3 is 9.64 Å². The van der Waals surface area contributed by atoms with E-state index in [1.165, 1.54) is 18.5 Å². The molecule has 1 aromatic carbocycles. The zero-order valence-electron chi connectivity index (χ0n) is 10.4. The molecule has 1 saturated heterocycles. The molecule has 0 aliphatic carbocycles. The molecule has 94 valence electrons. The Balaban J connectivity index is 1.84. The number of benzene rings is 1. The topological polar surface area (TPSA) is 12.5 Å². The Morgan fingerprint density at radius 2 is 2.35 bits per heavy atom. The van der Waals surface area contributed by atoms with Crippen LogP contribution in [0.3, 0.4) is 0 Å². The van der Waals surface area contributed by atoms with Crippen molar-refractivity contribution in [3.05, 3.63) is 29.8 Å². The lowest BCUT2D eigenvalue weighted by atomic mass is 10.1. The fraction of sp³-hybridized carbons (Fsp3) is 0.571. The number of methoxy groups -OCH3 is 1. The summed E-state index contributed by atoms with van der Waals surface area (Å²) in [7, 11) is 1.71. The summed E-state index contributed by atoms with van der Waals surface area (Å²) in [5, 5.41) is 0.342. The molecule has 0 amide bonds. The molecule has 1 heterocycles. The molecule has 0 saturated carbocycles. The Labute approximate surface area is 109 Å². The third kappa shape index (κ3) is 3.90. The summed E-state index contributed by atoms with van der Waals surface area (Å²) in [5.41, 5.74) is 1.33. The van der Waals surface area contributed by atoms with Crippen LogP contribution in [0.5, 0.6) is 5.75 Å². The van der Waals surface area contributed by atoms with E-state index < -0.39 is 0 Å². The number of nitrogens with zero attached hydrogens (tertiary/aromatic N) is 1. The predicted molar refractivity (Wildman–Crippen MR) is 72.0 cm³/mol. The molecular formula is C14H20ClNO. The first-order valence-electron chi connectivity index (χ1n) is 6.27. The van der Waals surface area contributed by atoms with Crippen molar-refractivity contribution in [1.82, 2.24) is 4.90 Å². The molecule has 0 aromatic heterocycles. The van der Waals surface area contributed by atoms with Crippen LogP contribution >= 0.6 is 11.6 Å². The zero-order valence-corrected chi connectivity index (χ0v) is 11.1. The summed E-state index contributed by atoms with van der Waals surface area (Å²) in [6.07, 6.45) is 3.46. The molecule has 2 rings (SSSR count). The van der Waals surface area contributed by atoms with Crippen molar-refractivity contribution in [1.29, 1.82) is 0 Å². The largest absolute Gasteiger partial charge is 0.497 e. The van der Waals surface area contributed by atoms with E-state index in [0.29, 0.717) is 5.38 Å². The molecule has 3 heteroatoms. The smallest absolute Gasteiger partial charge is 0.119 e. The minimum atomic E-state index is 0.342. The second-order valence-electron chi connectivity index (χ2n) is 4.64. The number of likely N-dealkylation sites (tertiary alicyclic amines) is 1. The van der Waals surface area contributed by atoms with Crippen LogP contribution < -0.4 is 4.74 Å². The number of rotatable bonds is 4. The first-order valence-corrected chi connectivity index (χ1v) is 6.71. The molecule has 0 bridgehead atoms. The number of ether oxygens (including phenoxy) is 1. The van der Waals surface area contributed by atoms with Crippen LogP contribution in [0.15, 0.2) is 24.3 Å². The van der Waals surface area contributed by atoms with Gasteiger partial charge in [-0.15, -0.1) is 11.6 Å². The van der Waals surface area contributed by atoms with Gasteiger partial charge in [-0.25, -0.2) is 0 Å². The molecule has 1 fully saturated rings. The summed E-state index contributed by atoms with van der Waals surface area (Å²) in [4.78, 5) is 2.46. The van der Waals surface area contributed by atoms with Crippen LogP contribution in [-0.4, -0.2) is 37.0 Å². The monoisotopic (exact) mass is 253 g/mol. The van der Waals surface area contributed by atoms with E-state index in [0.717, 1.165) is 31.7 Å². The van der Waals surface area contributed by atoms with Gasteiger partial charge in [-0.05, 0) is 43.5 Å². The van der Waals surface area contributed by atoms with Crippen molar-refractivity contribution in [3.8, 4) is 5.75 Å². The van der Waals surface area contributed by atoms with Gasteiger partial charge in [0, 0.05) is 18.5 Å². The maximum absolute atomic E-state index is 6.18. The van der Waals surface area contributed by atoms with Gasteiger partial charge >= 0.3 is 0 Å². The lowest BCUT2D eigenvalue weighted by Gasteiger charge is -2.29. The molecule has 0 N–H and O–H groups in total. The van der Waals surface area contributed by atoms with Gasteiger partial charge in [0.15, 0.2) is 0 Å². The van der Waals surface area contributed by atoms with Crippen molar-refractivity contribution in [2.45, 2.75) is 24.6 Å². The molecule has 1 atom stereocenters. The van der Waals surface area contributed by atoms with Crippen molar-refractivity contribution in [2.75, 3.05) is 26.7 Å². The Bertz CT molecular complexity index is 356. The van der Waals surface area contributed by atoms with Crippen LogP contribution in [0.1, 0.15) is 18.4 Å². The van der Waals surface area contributed by atoms with Gasteiger partial charge in [-0.1, -0.05) is 12.1 Å². The number of alkyl halides is 1. The summed E-state index contributed by atoms with van der Waals surface area (Å²) >= 11 is 6.18. The quantitative estimate of drug-likeness (QED) is 0.765. The maximum Gasteiger partial charge on any atom is 0.119 e. The van der Waals surface area contributed by atoms with E-state index in [-0.39, 0.29) is 0 Å². The number of hydrogen-bond acceptors (Lipinski definition) is 2. The summed E-state index contributed by atoms with van der Waals surface area (Å²) in [6, 6.07) is 8.31. The Morgan fingerprint density at radius 1 is 1.47 bits per heavy atom. The molecular weight excluding hydrogens is 234 g/mol. The highest BCUT2D eigenvalue weighted by molar-refractivity contribution is 6.20. The molecule has 1 aliphatic rings. The average molecular weight is 254 g/mol. The molecule has 0 radical (unpaired) electrons. The molecule has 2 nitrogen and oxygen atoms in total. The molecule has 1 aliphatic heterocycles. The first kappa shape index (κ1) is 12.7. The summed E-state index contributed by atoms with van der Waals surface area (Å²) in [5.74, 6) is 0.941. The highest BCUT2D eigenvalue weighted by atomic mass is 35.5. The molecule has 1 aromatic rings. The Morgan fingerprint density at radius 3 is 3.12 bits per heavy atom. The van der Waals surface area contributed by atoms with E-state index in [4.69, 9.17) is 16.3 Å². The van der Waals surface area contributed by atoms with Gasteiger partial charge in [0.25, 0.3) is 0 Å². The van der Waals surface area contributed by atoms with Crippen LogP contribution in [0.25, 0.3) is 0 Å². The van der Waals surface area contributed by atoms with Crippen LogP contribution in [-0.2, 0) is 6.42 Å². The third-order valence-corrected chi connectivity index (χ3v) is 3.66. The van der Waals surface area contributed by atoms with Gasteiger partial charge in [-0.2, -0.15) is 0 Å². The van der Waals surface area contributed by atoms with Gasteiger partial charge in [0.05, 0.1) is 7.11 Å². The maximum atomic E-state index is 6.18. The van der Waals surface area contributed by atoms with E-state index in [2.05, 4.69) is 23.1 Å². The second kappa shape index (κ2) is 6.27. The molecule has 0 unspecified atom stereocenters. The van der Waals surface area contributed by atoms with Gasteiger partial charge in [-0.3, -0.25) is 0 Å². The number of hydrogen-bond donors (Lipinski definition) is 0. The van der Waals surface area contributed by atoms with Gasteiger partial charge in [0.2, 0.25) is 0 Å². The van der Waals surface area contributed by atoms with Crippen molar-refractivity contribution in [2.24, 2.45) is 0 Å². The summed E-state index contributed by atoms with van der Waals surface area (Å²) < 4.78 is 5.23.